The lowest BCUT2D eigenvalue weighted by molar-refractivity contribution is 0.371. The average Bonchev–Trinajstić information content (AvgIpc) is 2.48. The zero-order valence-electron chi connectivity index (χ0n) is 12.4. The van der Waals surface area contributed by atoms with Crippen molar-refractivity contribution in [2.24, 2.45) is 0 Å². The Morgan fingerprint density at radius 1 is 1.10 bits per heavy atom. The van der Waals surface area contributed by atoms with Crippen molar-refractivity contribution in [3.63, 3.8) is 0 Å². The molecule has 0 radical (unpaired) electrons. The van der Waals surface area contributed by atoms with Gasteiger partial charge in [-0.25, -0.2) is 0 Å². The van der Waals surface area contributed by atoms with Crippen molar-refractivity contribution in [3.8, 4) is 11.5 Å². The van der Waals surface area contributed by atoms with E-state index >= 15 is 0 Å². The number of aromatic hydroxyl groups is 1. The second-order valence-corrected chi connectivity index (χ2v) is 5.47. The maximum Gasteiger partial charge on any atom is 0.160 e. The van der Waals surface area contributed by atoms with Crippen LogP contribution in [0.2, 0.25) is 5.02 Å². The van der Waals surface area contributed by atoms with Crippen molar-refractivity contribution in [2.45, 2.75) is 25.9 Å². The molecule has 0 aliphatic carbocycles. The lowest BCUT2D eigenvalue weighted by Gasteiger charge is -2.22. The number of hydrogen-bond acceptors (Lipinski definition) is 3. The molecule has 0 amide bonds. The van der Waals surface area contributed by atoms with E-state index in [1.807, 2.05) is 36.4 Å². The van der Waals surface area contributed by atoms with Crippen molar-refractivity contribution in [1.82, 2.24) is 5.32 Å². The molecule has 0 aliphatic rings. The maximum absolute atomic E-state index is 9.65. The van der Waals surface area contributed by atoms with Gasteiger partial charge in [-0.1, -0.05) is 35.9 Å². The normalized spacial score (nSPS) is 13.7. The number of phenols is 1. The SMILES string of the molecule is COc1cc(C(C)N[C@@H](C)c2ccccc2Cl)ccc1O. The molecule has 0 heterocycles. The van der Waals surface area contributed by atoms with E-state index in [2.05, 4.69) is 19.2 Å². The number of ether oxygens (including phenoxy) is 1. The number of halogens is 1. The number of hydrogen-bond donors (Lipinski definition) is 2. The molecule has 21 heavy (non-hydrogen) atoms. The third-order valence-corrected chi connectivity index (χ3v) is 3.92. The third-order valence-electron chi connectivity index (χ3n) is 3.58. The Balaban J connectivity index is 2.14. The zero-order valence-corrected chi connectivity index (χ0v) is 13.2. The zero-order chi connectivity index (χ0) is 15.4. The van der Waals surface area contributed by atoms with Gasteiger partial charge in [0, 0.05) is 17.1 Å². The molecular weight excluding hydrogens is 286 g/mol. The lowest BCUT2D eigenvalue weighted by atomic mass is 10.0. The van der Waals surface area contributed by atoms with E-state index in [4.69, 9.17) is 16.3 Å². The van der Waals surface area contributed by atoms with Crippen molar-refractivity contribution in [1.29, 1.82) is 0 Å². The van der Waals surface area contributed by atoms with Crippen molar-refractivity contribution < 1.29 is 9.84 Å². The first kappa shape index (κ1) is 15.7. The molecule has 0 aromatic heterocycles. The van der Waals surface area contributed by atoms with Gasteiger partial charge in [-0.05, 0) is 43.2 Å². The summed E-state index contributed by atoms with van der Waals surface area (Å²) in [5, 5.41) is 13.9. The summed E-state index contributed by atoms with van der Waals surface area (Å²) in [5.74, 6) is 0.624. The number of methoxy groups -OCH3 is 1. The summed E-state index contributed by atoms with van der Waals surface area (Å²) in [7, 11) is 1.54. The van der Waals surface area contributed by atoms with E-state index in [0.29, 0.717) is 5.75 Å². The van der Waals surface area contributed by atoms with Crippen LogP contribution in [0.1, 0.15) is 37.1 Å². The predicted octanol–water partition coefficient (Wildman–Crippen LogP) is 4.47. The second kappa shape index (κ2) is 6.83. The van der Waals surface area contributed by atoms with E-state index < -0.39 is 0 Å². The monoisotopic (exact) mass is 305 g/mol. The summed E-state index contributed by atoms with van der Waals surface area (Å²) < 4.78 is 5.15. The van der Waals surface area contributed by atoms with Gasteiger partial charge in [0.25, 0.3) is 0 Å². The van der Waals surface area contributed by atoms with Crippen LogP contribution in [0, 0.1) is 0 Å². The minimum atomic E-state index is 0.103. The van der Waals surface area contributed by atoms with Crippen molar-refractivity contribution >= 4 is 11.6 Å². The molecule has 0 aliphatic heterocycles. The van der Waals surface area contributed by atoms with Gasteiger partial charge in [-0.2, -0.15) is 0 Å². The highest BCUT2D eigenvalue weighted by molar-refractivity contribution is 6.31. The molecule has 0 spiro atoms. The first-order valence-electron chi connectivity index (χ1n) is 6.90. The Morgan fingerprint density at radius 2 is 1.81 bits per heavy atom. The van der Waals surface area contributed by atoms with Gasteiger partial charge >= 0.3 is 0 Å². The highest BCUT2D eigenvalue weighted by Crippen LogP contribution is 2.30. The van der Waals surface area contributed by atoms with Crippen LogP contribution in [-0.2, 0) is 0 Å². The maximum atomic E-state index is 9.65. The van der Waals surface area contributed by atoms with E-state index in [1.165, 1.54) is 0 Å². The van der Waals surface area contributed by atoms with Crippen LogP contribution >= 0.6 is 11.6 Å². The molecule has 0 saturated heterocycles. The topological polar surface area (TPSA) is 41.5 Å². The molecule has 0 bridgehead atoms. The summed E-state index contributed by atoms with van der Waals surface area (Å²) in [6.07, 6.45) is 0. The van der Waals surface area contributed by atoms with Crippen LogP contribution in [0.5, 0.6) is 11.5 Å². The van der Waals surface area contributed by atoms with Crippen LogP contribution in [0.25, 0.3) is 0 Å². The molecule has 112 valence electrons. The highest BCUT2D eigenvalue weighted by atomic mass is 35.5. The smallest absolute Gasteiger partial charge is 0.160 e. The Hall–Kier alpha value is -1.71. The van der Waals surface area contributed by atoms with Gasteiger partial charge in [0.1, 0.15) is 0 Å². The van der Waals surface area contributed by atoms with E-state index in [9.17, 15) is 5.11 Å². The summed E-state index contributed by atoms with van der Waals surface area (Å²) in [4.78, 5) is 0. The van der Waals surface area contributed by atoms with Gasteiger partial charge in [0.05, 0.1) is 7.11 Å². The first-order chi connectivity index (χ1) is 10.0. The fraction of sp³-hybridized carbons (Fsp3) is 0.294. The second-order valence-electron chi connectivity index (χ2n) is 5.06. The molecule has 4 heteroatoms. The Labute approximate surface area is 130 Å². The summed E-state index contributed by atoms with van der Waals surface area (Å²) in [5.41, 5.74) is 2.11. The van der Waals surface area contributed by atoms with Crippen molar-refractivity contribution in [3.05, 3.63) is 58.6 Å². The first-order valence-corrected chi connectivity index (χ1v) is 7.28. The number of benzene rings is 2. The molecule has 0 saturated carbocycles. The molecule has 1 unspecified atom stereocenters. The molecule has 3 nitrogen and oxygen atoms in total. The standard InChI is InChI=1S/C17H20ClNO2/c1-11(13-8-9-16(20)17(10-13)21-3)19-12(2)14-6-4-5-7-15(14)18/h4-12,19-20H,1-3H3/t11?,12-/m0/s1. The van der Waals surface area contributed by atoms with Crippen LogP contribution in [-0.4, -0.2) is 12.2 Å². The molecule has 2 rings (SSSR count). The average molecular weight is 306 g/mol. The van der Waals surface area contributed by atoms with Crippen LogP contribution in [0.4, 0.5) is 0 Å². The molecule has 2 aromatic rings. The van der Waals surface area contributed by atoms with Gasteiger partial charge in [0.15, 0.2) is 11.5 Å². The summed E-state index contributed by atoms with van der Waals surface area (Å²) in [6.45, 7) is 4.15. The minimum absolute atomic E-state index is 0.103. The van der Waals surface area contributed by atoms with E-state index in [0.717, 1.165) is 16.1 Å². The largest absolute Gasteiger partial charge is 0.504 e. The van der Waals surface area contributed by atoms with E-state index in [-0.39, 0.29) is 17.8 Å². The summed E-state index contributed by atoms with van der Waals surface area (Å²) in [6, 6.07) is 13.4. The fourth-order valence-electron chi connectivity index (χ4n) is 2.35. The Bertz CT molecular complexity index is 615. The number of nitrogens with one attached hydrogen (secondary N) is 1. The highest BCUT2D eigenvalue weighted by Gasteiger charge is 2.14. The number of phenolic OH excluding ortho intramolecular Hbond substituents is 1. The fourth-order valence-corrected chi connectivity index (χ4v) is 2.65. The van der Waals surface area contributed by atoms with Gasteiger partial charge < -0.3 is 15.2 Å². The Morgan fingerprint density at radius 3 is 2.48 bits per heavy atom. The molecule has 0 fully saturated rings. The van der Waals surface area contributed by atoms with Crippen LogP contribution < -0.4 is 10.1 Å². The summed E-state index contributed by atoms with van der Waals surface area (Å²) >= 11 is 6.22. The quantitative estimate of drug-likeness (QED) is 0.856. The van der Waals surface area contributed by atoms with E-state index in [1.54, 1.807) is 13.2 Å². The minimum Gasteiger partial charge on any atom is -0.504 e. The van der Waals surface area contributed by atoms with Gasteiger partial charge in [-0.3, -0.25) is 0 Å². The Kier molecular flexibility index (Phi) is 5.10. The molecule has 2 aromatic carbocycles. The number of rotatable bonds is 5. The molecule has 2 atom stereocenters. The predicted molar refractivity (Wildman–Crippen MR) is 86.1 cm³/mol. The molecular formula is C17H20ClNO2. The lowest BCUT2D eigenvalue weighted by Crippen LogP contribution is -2.22. The molecule has 2 N–H and O–H groups in total. The van der Waals surface area contributed by atoms with Crippen LogP contribution in [0.3, 0.4) is 0 Å². The van der Waals surface area contributed by atoms with Crippen molar-refractivity contribution in [2.75, 3.05) is 7.11 Å². The van der Waals surface area contributed by atoms with Crippen LogP contribution in [0.15, 0.2) is 42.5 Å². The van der Waals surface area contributed by atoms with Gasteiger partial charge in [0.2, 0.25) is 0 Å². The van der Waals surface area contributed by atoms with Gasteiger partial charge in [-0.15, -0.1) is 0 Å². The third kappa shape index (κ3) is 3.69.